The molecule has 1 aromatic rings. The third-order valence-corrected chi connectivity index (χ3v) is 2.68. The summed E-state index contributed by atoms with van der Waals surface area (Å²) in [5.41, 5.74) is 0.904. The van der Waals surface area contributed by atoms with Crippen LogP contribution in [0.2, 0.25) is 0 Å². The second kappa shape index (κ2) is 3.59. The monoisotopic (exact) mass is 223 g/mol. The fourth-order valence-corrected chi connectivity index (χ4v) is 1.85. The number of rotatable bonds is 1. The third kappa shape index (κ3) is 1.36. The van der Waals surface area contributed by atoms with Crippen LogP contribution in [0.15, 0.2) is 18.2 Å². The maximum absolute atomic E-state index is 13.1. The van der Waals surface area contributed by atoms with E-state index >= 15 is 0 Å². The predicted molar refractivity (Wildman–Crippen MR) is 54.6 cm³/mol. The first-order valence-corrected chi connectivity index (χ1v) is 4.71. The number of hydrogen-bond acceptors (Lipinski definition) is 3. The molecule has 0 spiro atoms. The Balaban J connectivity index is 2.55. The maximum atomic E-state index is 13.1. The molecule has 4 nitrogen and oxygen atoms in total. The fourth-order valence-electron chi connectivity index (χ4n) is 1.85. The van der Waals surface area contributed by atoms with Crippen molar-refractivity contribution in [1.29, 1.82) is 0 Å². The third-order valence-electron chi connectivity index (χ3n) is 2.68. The van der Waals surface area contributed by atoms with Crippen molar-refractivity contribution in [2.75, 3.05) is 19.1 Å². The van der Waals surface area contributed by atoms with E-state index in [-0.39, 0.29) is 0 Å². The van der Waals surface area contributed by atoms with Gasteiger partial charge in [0.15, 0.2) is 5.92 Å². The van der Waals surface area contributed by atoms with Gasteiger partial charge in [-0.05, 0) is 18.2 Å². The minimum atomic E-state index is -1.04. The van der Waals surface area contributed by atoms with Crippen molar-refractivity contribution >= 4 is 17.6 Å². The van der Waals surface area contributed by atoms with E-state index in [9.17, 15) is 14.0 Å². The first-order chi connectivity index (χ1) is 7.56. The smallest absolute Gasteiger partial charge is 0.322 e. The normalized spacial score (nSPS) is 18.6. The van der Waals surface area contributed by atoms with Crippen LogP contribution in [0.25, 0.3) is 0 Å². The van der Waals surface area contributed by atoms with Gasteiger partial charge >= 0.3 is 5.97 Å². The van der Waals surface area contributed by atoms with Crippen LogP contribution in [0.3, 0.4) is 0 Å². The van der Waals surface area contributed by atoms with Gasteiger partial charge in [-0.1, -0.05) is 0 Å². The molecule has 1 unspecified atom stereocenters. The Morgan fingerprint density at radius 3 is 2.81 bits per heavy atom. The van der Waals surface area contributed by atoms with E-state index in [2.05, 4.69) is 4.74 Å². The lowest BCUT2D eigenvalue weighted by Gasteiger charge is -2.09. The van der Waals surface area contributed by atoms with Crippen molar-refractivity contribution in [3.63, 3.8) is 0 Å². The summed E-state index contributed by atoms with van der Waals surface area (Å²) < 4.78 is 17.6. The number of ether oxygens (including phenoxy) is 1. The molecular formula is C11H10FNO3. The SMILES string of the molecule is COC(=O)C1C(=O)N(C)c2ccc(F)cc21. The van der Waals surface area contributed by atoms with Crippen molar-refractivity contribution in [2.24, 2.45) is 0 Å². The summed E-state index contributed by atoms with van der Waals surface area (Å²) in [6.07, 6.45) is 0. The molecular weight excluding hydrogens is 213 g/mol. The Bertz CT molecular complexity index is 472. The molecule has 5 heteroatoms. The first-order valence-electron chi connectivity index (χ1n) is 4.71. The summed E-state index contributed by atoms with van der Waals surface area (Å²) in [5.74, 6) is -2.58. The number of esters is 1. The quantitative estimate of drug-likeness (QED) is 0.528. The van der Waals surface area contributed by atoms with E-state index in [4.69, 9.17) is 0 Å². The lowest BCUT2D eigenvalue weighted by molar-refractivity contribution is -0.145. The zero-order valence-corrected chi connectivity index (χ0v) is 8.86. The number of fused-ring (bicyclic) bond motifs is 1. The standard InChI is InChI=1S/C11H10FNO3/c1-13-8-4-3-6(12)5-7(8)9(10(13)14)11(15)16-2/h3-5,9H,1-2H3. The van der Waals surface area contributed by atoms with E-state index in [0.717, 1.165) is 0 Å². The summed E-state index contributed by atoms with van der Waals surface area (Å²) in [5, 5.41) is 0. The molecule has 0 bridgehead atoms. The lowest BCUT2D eigenvalue weighted by Crippen LogP contribution is -2.28. The van der Waals surface area contributed by atoms with Crippen molar-refractivity contribution in [1.82, 2.24) is 0 Å². The molecule has 2 rings (SSSR count). The van der Waals surface area contributed by atoms with Gasteiger partial charge in [-0.25, -0.2) is 4.39 Å². The lowest BCUT2D eigenvalue weighted by atomic mass is 10.0. The van der Waals surface area contributed by atoms with Gasteiger partial charge in [0.05, 0.1) is 7.11 Å². The molecule has 0 fully saturated rings. The maximum Gasteiger partial charge on any atom is 0.322 e. The summed E-state index contributed by atoms with van der Waals surface area (Å²) >= 11 is 0. The van der Waals surface area contributed by atoms with E-state index in [1.54, 1.807) is 7.05 Å². The molecule has 0 N–H and O–H groups in total. The summed E-state index contributed by atoms with van der Waals surface area (Å²) in [6, 6.07) is 3.92. The summed E-state index contributed by atoms with van der Waals surface area (Å²) in [6.45, 7) is 0. The van der Waals surface area contributed by atoms with Crippen molar-refractivity contribution in [3.05, 3.63) is 29.6 Å². The molecule has 0 saturated heterocycles. The highest BCUT2D eigenvalue weighted by Crippen LogP contribution is 2.37. The number of hydrogen-bond donors (Lipinski definition) is 0. The van der Waals surface area contributed by atoms with Crippen LogP contribution >= 0.6 is 0 Å². The van der Waals surface area contributed by atoms with Crippen LogP contribution < -0.4 is 4.90 Å². The highest BCUT2D eigenvalue weighted by Gasteiger charge is 2.41. The van der Waals surface area contributed by atoms with E-state index in [1.807, 2.05) is 0 Å². The van der Waals surface area contributed by atoms with E-state index < -0.39 is 23.6 Å². The van der Waals surface area contributed by atoms with Gasteiger partial charge < -0.3 is 9.64 Å². The highest BCUT2D eigenvalue weighted by atomic mass is 19.1. The van der Waals surface area contributed by atoms with Crippen LogP contribution in [0, 0.1) is 5.82 Å². The van der Waals surface area contributed by atoms with Crippen LogP contribution in [0.4, 0.5) is 10.1 Å². The largest absolute Gasteiger partial charge is 0.468 e. The fraction of sp³-hybridized carbons (Fsp3) is 0.273. The number of halogens is 1. The van der Waals surface area contributed by atoms with Crippen LogP contribution in [0.1, 0.15) is 11.5 Å². The van der Waals surface area contributed by atoms with Gasteiger partial charge in [0.1, 0.15) is 5.82 Å². The molecule has 1 amide bonds. The minimum absolute atomic E-state index is 0.361. The topological polar surface area (TPSA) is 46.6 Å². The van der Waals surface area contributed by atoms with Gasteiger partial charge in [-0.3, -0.25) is 9.59 Å². The second-order valence-electron chi connectivity index (χ2n) is 3.56. The van der Waals surface area contributed by atoms with Crippen molar-refractivity contribution < 1.29 is 18.7 Å². The van der Waals surface area contributed by atoms with E-state index in [1.165, 1.54) is 30.2 Å². The molecule has 84 valence electrons. The van der Waals surface area contributed by atoms with Crippen molar-refractivity contribution in [2.45, 2.75) is 5.92 Å². The number of carbonyl (C=O) groups is 2. The minimum Gasteiger partial charge on any atom is -0.468 e. The highest BCUT2D eigenvalue weighted by molar-refractivity contribution is 6.15. The molecule has 0 saturated carbocycles. The molecule has 0 aromatic heterocycles. The Labute approximate surface area is 91.6 Å². The predicted octanol–water partition coefficient (Wildman–Crippen LogP) is 1.06. The number of nitrogens with zero attached hydrogens (tertiary/aromatic N) is 1. The number of anilines is 1. The molecule has 1 aliphatic rings. The zero-order valence-electron chi connectivity index (χ0n) is 8.86. The zero-order chi connectivity index (χ0) is 11.9. The number of methoxy groups -OCH3 is 1. The number of amides is 1. The summed E-state index contributed by atoms with van der Waals surface area (Å²) in [4.78, 5) is 24.6. The van der Waals surface area contributed by atoms with Crippen LogP contribution in [0.5, 0.6) is 0 Å². The second-order valence-corrected chi connectivity index (χ2v) is 3.56. The Morgan fingerprint density at radius 1 is 1.50 bits per heavy atom. The number of carbonyl (C=O) groups excluding carboxylic acids is 2. The first kappa shape index (κ1) is 10.6. The molecule has 0 radical (unpaired) electrons. The summed E-state index contributed by atoms with van der Waals surface area (Å²) in [7, 11) is 2.74. The Hall–Kier alpha value is -1.91. The van der Waals surface area contributed by atoms with Crippen LogP contribution in [-0.2, 0) is 14.3 Å². The molecule has 0 aliphatic carbocycles. The Kier molecular flexibility index (Phi) is 2.38. The number of benzene rings is 1. The molecule has 1 aliphatic heterocycles. The molecule has 1 aromatic carbocycles. The van der Waals surface area contributed by atoms with E-state index in [0.29, 0.717) is 11.3 Å². The van der Waals surface area contributed by atoms with Gasteiger partial charge in [-0.15, -0.1) is 0 Å². The molecule has 16 heavy (non-hydrogen) atoms. The molecule has 1 atom stereocenters. The van der Waals surface area contributed by atoms with Gasteiger partial charge in [-0.2, -0.15) is 0 Å². The van der Waals surface area contributed by atoms with Gasteiger partial charge in [0.2, 0.25) is 5.91 Å². The Morgan fingerprint density at radius 2 is 2.19 bits per heavy atom. The van der Waals surface area contributed by atoms with Gasteiger partial charge in [0.25, 0.3) is 0 Å². The molecule has 1 heterocycles. The average Bonchev–Trinajstić information content (AvgIpc) is 2.51. The van der Waals surface area contributed by atoms with Crippen LogP contribution in [-0.4, -0.2) is 26.0 Å². The number of likely N-dealkylation sites (N-methyl/N-ethyl adjacent to an activating group) is 1. The van der Waals surface area contributed by atoms with Crippen molar-refractivity contribution in [3.8, 4) is 0 Å². The average molecular weight is 223 g/mol. The van der Waals surface area contributed by atoms with Gasteiger partial charge in [0, 0.05) is 18.3 Å².